The normalized spacial score (nSPS) is 11.3. The van der Waals surface area contributed by atoms with E-state index in [-0.39, 0.29) is 0 Å². The Balaban J connectivity index is 2.24. The largest absolute Gasteiger partial charge is 0.507 e. The second kappa shape index (κ2) is 5.85. The molecule has 0 aliphatic heterocycles. The molecule has 0 fully saturated rings. The smallest absolute Gasteiger partial charge is 0.150 e. The molecule has 1 atom stereocenters. The fourth-order valence-electron chi connectivity index (χ4n) is 1.15. The first-order valence-corrected chi connectivity index (χ1v) is 5.72. The lowest BCUT2D eigenvalue weighted by molar-refractivity contribution is 0.413. The predicted octanol–water partition coefficient (Wildman–Crippen LogP) is 3.01. The molecule has 0 saturated carbocycles. The highest BCUT2D eigenvalue weighted by Crippen LogP contribution is 2.21. The molecule has 0 bridgehead atoms. The summed E-state index contributed by atoms with van der Waals surface area (Å²) in [7, 11) is 0.0627. The maximum Gasteiger partial charge on any atom is 0.507 e. The molecular weight excluding hydrogens is 183 g/mol. The van der Waals surface area contributed by atoms with E-state index in [4.69, 9.17) is 4.52 Å². The summed E-state index contributed by atoms with van der Waals surface area (Å²) in [4.78, 5) is 0. The average Bonchev–Trinajstić information content (AvgIpc) is 2.19. The lowest BCUT2D eigenvalue weighted by atomic mass is 10.1. The van der Waals surface area contributed by atoms with Crippen LogP contribution in [-0.2, 0) is 15.5 Å². The summed E-state index contributed by atoms with van der Waals surface area (Å²) in [5, 5.41) is 0. The Morgan fingerprint density at radius 1 is 1.31 bits per heavy atom. The summed E-state index contributed by atoms with van der Waals surface area (Å²) in [5.74, 6) is 0. The van der Waals surface area contributed by atoms with E-state index in [1.807, 2.05) is 18.2 Å². The van der Waals surface area contributed by atoms with E-state index in [2.05, 4.69) is 12.1 Å². The van der Waals surface area contributed by atoms with Crippen molar-refractivity contribution in [3.8, 4) is 0 Å². The van der Waals surface area contributed by atoms with Crippen molar-refractivity contribution in [3.05, 3.63) is 35.9 Å². The fraction of sp³-hybridized carbons (Fsp3) is 0.400. The van der Waals surface area contributed by atoms with Gasteiger partial charge in [-0.05, 0) is 23.0 Å². The maximum absolute atomic E-state index is 10.9. The molecule has 2 nitrogen and oxygen atoms in total. The zero-order valence-electron chi connectivity index (χ0n) is 7.77. The first kappa shape index (κ1) is 10.4. The second-order valence-electron chi connectivity index (χ2n) is 2.83. The quantitative estimate of drug-likeness (QED) is 0.678. The van der Waals surface area contributed by atoms with Gasteiger partial charge in [0.15, 0.2) is 6.16 Å². The minimum Gasteiger partial charge on any atom is -0.150 e. The van der Waals surface area contributed by atoms with Gasteiger partial charge in [-0.3, -0.25) is 0 Å². The van der Waals surface area contributed by atoms with Crippen LogP contribution in [0.4, 0.5) is 0 Å². The summed E-state index contributed by atoms with van der Waals surface area (Å²) >= 11 is 0. The van der Waals surface area contributed by atoms with Gasteiger partial charge in [0.2, 0.25) is 0 Å². The average molecular weight is 197 g/mol. The van der Waals surface area contributed by atoms with Crippen LogP contribution in [0, 0.1) is 0 Å². The van der Waals surface area contributed by atoms with Crippen molar-refractivity contribution < 1.29 is 9.09 Å². The van der Waals surface area contributed by atoms with Gasteiger partial charge in [-0.1, -0.05) is 30.3 Å². The third kappa shape index (κ3) is 4.16. The highest BCUT2D eigenvalue weighted by molar-refractivity contribution is 7.39. The molecule has 0 heterocycles. The van der Waals surface area contributed by atoms with Gasteiger partial charge >= 0.3 is 8.03 Å². The van der Waals surface area contributed by atoms with E-state index in [1.165, 1.54) is 12.7 Å². The molecule has 0 N–H and O–H groups in total. The van der Waals surface area contributed by atoms with Crippen molar-refractivity contribution in [2.75, 3.05) is 13.3 Å². The van der Waals surface area contributed by atoms with Crippen molar-refractivity contribution >= 4 is 8.03 Å². The summed E-state index contributed by atoms with van der Waals surface area (Å²) in [5.41, 5.74) is 1.29. The van der Waals surface area contributed by atoms with Crippen LogP contribution in [0.3, 0.4) is 0 Å². The minimum atomic E-state index is -1.42. The highest BCUT2D eigenvalue weighted by Gasteiger charge is 2.12. The van der Waals surface area contributed by atoms with E-state index in [0.29, 0.717) is 6.16 Å². The van der Waals surface area contributed by atoms with Crippen molar-refractivity contribution in [2.24, 2.45) is 0 Å². The SMILES string of the molecule is CO[P+](=O)CCCc1ccccc1. The van der Waals surface area contributed by atoms with Gasteiger partial charge in [-0.2, -0.15) is 0 Å². The Bertz CT molecular complexity index is 259. The van der Waals surface area contributed by atoms with Crippen LogP contribution >= 0.6 is 8.03 Å². The molecule has 0 aromatic heterocycles. The molecule has 0 saturated heterocycles. The molecule has 3 heteroatoms. The Morgan fingerprint density at radius 3 is 2.62 bits per heavy atom. The molecule has 0 aliphatic carbocycles. The van der Waals surface area contributed by atoms with Crippen LogP contribution in [0.25, 0.3) is 0 Å². The lowest BCUT2D eigenvalue weighted by Gasteiger charge is -1.95. The molecule has 1 unspecified atom stereocenters. The van der Waals surface area contributed by atoms with E-state index in [9.17, 15) is 4.57 Å². The highest BCUT2D eigenvalue weighted by atomic mass is 31.1. The second-order valence-corrected chi connectivity index (χ2v) is 4.31. The Hall–Kier alpha value is -0.720. The summed E-state index contributed by atoms with van der Waals surface area (Å²) in [6, 6.07) is 10.2. The van der Waals surface area contributed by atoms with Crippen molar-refractivity contribution in [3.63, 3.8) is 0 Å². The van der Waals surface area contributed by atoms with Gasteiger partial charge in [-0.15, -0.1) is 4.52 Å². The summed E-state index contributed by atoms with van der Waals surface area (Å²) in [6.07, 6.45) is 2.55. The maximum atomic E-state index is 10.9. The Labute approximate surface area is 79.8 Å². The zero-order chi connectivity index (χ0) is 9.52. The number of hydrogen-bond donors (Lipinski definition) is 0. The Kier molecular flexibility index (Phi) is 4.66. The summed E-state index contributed by atoms with van der Waals surface area (Å²) in [6.45, 7) is 0. The molecule has 0 radical (unpaired) electrons. The van der Waals surface area contributed by atoms with Gasteiger partial charge in [0, 0.05) is 0 Å². The molecule has 1 aromatic rings. The van der Waals surface area contributed by atoms with Crippen LogP contribution < -0.4 is 0 Å². The monoisotopic (exact) mass is 197 g/mol. The van der Waals surface area contributed by atoms with Crippen molar-refractivity contribution in [1.29, 1.82) is 0 Å². The van der Waals surface area contributed by atoms with Crippen LogP contribution in [-0.4, -0.2) is 13.3 Å². The Morgan fingerprint density at radius 2 is 2.00 bits per heavy atom. The lowest BCUT2D eigenvalue weighted by Crippen LogP contribution is -1.87. The van der Waals surface area contributed by atoms with Gasteiger partial charge in [0.25, 0.3) is 0 Å². The minimum absolute atomic E-state index is 0.653. The van der Waals surface area contributed by atoms with Gasteiger partial charge < -0.3 is 0 Å². The third-order valence-electron chi connectivity index (χ3n) is 1.85. The van der Waals surface area contributed by atoms with Gasteiger partial charge in [-0.25, -0.2) is 0 Å². The predicted molar refractivity (Wildman–Crippen MR) is 54.2 cm³/mol. The molecule has 70 valence electrons. The van der Waals surface area contributed by atoms with Crippen LogP contribution in [0.2, 0.25) is 0 Å². The molecule has 13 heavy (non-hydrogen) atoms. The van der Waals surface area contributed by atoms with Crippen molar-refractivity contribution in [1.82, 2.24) is 0 Å². The molecule has 0 amide bonds. The number of benzene rings is 1. The number of aryl methyl sites for hydroxylation is 1. The van der Waals surface area contributed by atoms with Gasteiger partial charge in [0.05, 0.1) is 7.11 Å². The van der Waals surface area contributed by atoms with E-state index < -0.39 is 8.03 Å². The number of hydrogen-bond acceptors (Lipinski definition) is 2. The van der Waals surface area contributed by atoms with Crippen LogP contribution in [0.1, 0.15) is 12.0 Å². The standard InChI is InChI=1S/C10H14O2P/c1-12-13(11)9-5-8-10-6-3-2-4-7-10/h2-4,6-7H,5,8-9H2,1H3/q+1. The van der Waals surface area contributed by atoms with E-state index in [1.54, 1.807) is 0 Å². The zero-order valence-corrected chi connectivity index (χ0v) is 8.67. The first-order chi connectivity index (χ1) is 6.33. The van der Waals surface area contributed by atoms with Crippen LogP contribution in [0.15, 0.2) is 30.3 Å². The molecular formula is C10H14O2P+. The number of rotatable bonds is 5. The van der Waals surface area contributed by atoms with E-state index >= 15 is 0 Å². The molecule has 0 aliphatic rings. The van der Waals surface area contributed by atoms with Crippen LogP contribution in [0.5, 0.6) is 0 Å². The molecule has 0 spiro atoms. The third-order valence-corrected chi connectivity index (χ3v) is 2.94. The molecule has 1 aromatic carbocycles. The summed E-state index contributed by atoms with van der Waals surface area (Å²) < 4.78 is 15.6. The fourth-order valence-corrected chi connectivity index (χ4v) is 1.75. The van der Waals surface area contributed by atoms with Crippen molar-refractivity contribution in [2.45, 2.75) is 12.8 Å². The first-order valence-electron chi connectivity index (χ1n) is 4.35. The van der Waals surface area contributed by atoms with Gasteiger partial charge in [0.1, 0.15) is 0 Å². The topological polar surface area (TPSA) is 26.3 Å². The van der Waals surface area contributed by atoms with E-state index in [0.717, 1.165) is 12.8 Å². The molecule has 1 rings (SSSR count).